The summed E-state index contributed by atoms with van der Waals surface area (Å²) < 4.78 is 0. The summed E-state index contributed by atoms with van der Waals surface area (Å²) in [5, 5.41) is 2.93. The van der Waals surface area contributed by atoms with Crippen LogP contribution in [0.3, 0.4) is 0 Å². The Hall–Kier alpha value is -1.59. The van der Waals surface area contributed by atoms with Crippen molar-refractivity contribution in [2.75, 3.05) is 18.4 Å². The van der Waals surface area contributed by atoms with Gasteiger partial charge in [-0.1, -0.05) is 12.8 Å². The number of rotatable bonds is 4. The van der Waals surface area contributed by atoms with E-state index in [-0.39, 0.29) is 36.2 Å². The van der Waals surface area contributed by atoms with Crippen LogP contribution in [-0.2, 0) is 4.79 Å². The molecule has 2 fully saturated rings. The molecule has 3 N–H and O–H groups in total. The first kappa shape index (κ1) is 19.7. The number of hydrogen-bond donors (Lipinski definition) is 2. The van der Waals surface area contributed by atoms with E-state index >= 15 is 0 Å². The molecular weight excluding hydrogens is 338 g/mol. The first-order valence-electron chi connectivity index (χ1n) is 9.08. The Kier molecular flexibility index (Phi) is 7.26. The number of nitrogens with zero attached hydrogens (tertiary/aromatic N) is 1. The zero-order valence-electron chi connectivity index (χ0n) is 14.6. The summed E-state index contributed by atoms with van der Waals surface area (Å²) >= 11 is 0. The molecule has 0 spiro atoms. The molecule has 2 atom stereocenters. The maximum absolute atomic E-state index is 12.3. The van der Waals surface area contributed by atoms with Crippen LogP contribution in [-0.4, -0.2) is 35.8 Å². The number of nitrogens with one attached hydrogen (secondary N) is 1. The number of carbonyl (C=O) groups is 2. The van der Waals surface area contributed by atoms with Crippen molar-refractivity contribution in [1.29, 1.82) is 0 Å². The van der Waals surface area contributed by atoms with Gasteiger partial charge in [0.15, 0.2) is 0 Å². The van der Waals surface area contributed by atoms with E-state index in [0.717, 1.165) is 44.5 Å². The van der Waals surface area contributed by atoms with Gasteiger partial charge in [-0.25, -0.2) is 0 Å². The number of hydrogen-bond acceptors (Lipinski definition) is 3. The largest absolute Gasteiger partial charge is 0.339 e. The number of carbonyl (C=O) groups excluding carboxylic acids is 2. The standard InChI is InChI=1S/C19H27N3O2.ClH/c20-17-6-2-1-5-15(17)13-18(23)21-16-9-7-14(8-10-16)19(24)22-11-3-4-12-22;/h7-10,15,17H,1-6,11-13,20H2,(H,21,23);1H. The minimum absolute atomic E-state index is 0. The molecule has 1 aromatic carbocycles. The maximum Gasteiger partial charge on any atom is 0.253 e. The van der Waals surface area contributed by atoms with Gasteiger partial charge < -0.3 is 16.0 Å². The Morgan fingerprint density at radius 1 is 1.04 bits per heavy atom. The fourth-order valence-corrected chi connectivity index (χ4v) is 3.74. The van der Waals surface area contributed by atoms with Gasteiger partial charge in [-0.15, -0.1) is 12.4 Å². The van der Waals surface area contributed by atoms with Gasteiger partial charge in [-0.05, 0) is 55.9 Å². The van der Waals surface area contributed by atoms with Crippen molar-refractivity contribution in [2.24, 2.45) is 11.7 Å². The van der Waals surface area contributed by atoms with Gasteiger partial charge in [0.1, 0.15) is 0 Å². The number of amides is 2. The van der Waals surface area contributed by atoms with Crippen LogP contribution in [0.15, 0.2) is 24.3 Å². The van der Waals surface area contributed by atoms with Crippen LogP contribution < -0.4 is 11.1 Å². The van der Waals surface area contributed by atoms with Crippen molar-refractivity contribution in [1.82, 2.24) is 4.90 Å². The van der Waals surface area contributed by atoms with Gasteiger partial charge in [0.2, 0.25) is 5.91 Å². The van der Waals surface area contributed by atoms with Gasteiger partial charge in [0.25, 0.3) is 5.91 Å². The summed E-state index contributed by atoms with van der Waals surface area (Å²) in [6, 6.07) is 7.35. The third-order valence-electron chi connectivity index (χ3n) is 5.22. The second-order valence-electron chi connectivity index (χ2n) is 7.04. The van der Waals surface area contributed by atoms with Crippen LogP contribution in [0.4, 0.5) is 5.69 Å². The quantitative estimate of drug-likeness (QED) is 0.860. The normalized spacial score (nSPS) is 23.0. The fourth-order valence-electron chi connectivity index (χ4n) is 3.74. The summed E-state index contributed by atoms with van der Waals surface area (Å²) in [6.45, 7) is 1.69. The van der Waals surface area contributed by atoms with Gasteiger partial charge >= 0.3 is 0 Å². The zero-order chi connectivity index (χ0) is 16.9. The van der Waals surface area contributed by atoms with Crippen molar-refractivity contribution in [2.45, 2.75) is 51.0 Å². The number of benzene rings is 1. The molecule has 1 aliphatic carbocycles. The second-order valence-corrected chi connectivity index (χ2v) is 7.04. The van der Waals surface area contributed by atoms with Crippen LogP contribution in [0.1, 0.15) is 55.3 Å². The molecule has 5 nitrogen and oxygen atoms in total. The molecule has 1 heterocycles. The van der Waals surface area contributed by atoms with Crippen molar-refractivity contribution >= 4 is 29.9 Å². The van der Waals surface area contributed by atoms with Crippen LogP contribution in [0, 0.1) is 5.92 Å². The Balaban J connectivity index is 0.00000225. The molecule has 138 valence electrons. The number of nitrogens with two attached hydrogens (primary N) is 1. The SMILES string of the molecule is Cl.NC1CCCCC1CC(=O)Nc1ccc(C(=O)N2CCCC2)cc1. The van der Waals surface area contributed by atoms with E-state index in [0.29, 0.717) is 12.0 Å². The van der Waals surface area contributed by atoms with Gasteiger partial charge in [0, 0.05) is 36.8 Å². The van der Waals surface area contributed by atoms with Crippen molar-refractivity contribution in [3.8, 4) is 0 Å². The average Bonchev–Trinajstić information content (AvgIpc) is 3.11. The highest BCUT2D eigenvalue weighted by molar-refractivity contribution is 5.96. The zero-order valence-corrected chi connectivity index (χ0v) is 15.4. The van der Waals surface area contributed by atoms with E-state index in [9.17, 15) is 9.59 Å². The molecule has 2 unspecified atom stereocenters. The van der Waals surface area contributed by atoms with Crippen molar-refractivity contribution in [3.05, 3.63) is 29.8 Å². The van der Waals surface area contributed by atoms with E-state index in [1.54, 1.807) is 12.1 Å². The topological polar surface area (TPSA) is 75.4 Å². The third-order valence-corrected chi connectivity index (χ3v) is 5.22. The first-order valence-corrected chi connectivity index (χ1v) is 9.08. The molecule has 25 heavy (non-hydrogen) atoms. The van der Waals surface area contributed by atoms with Crippen LogP contribution in [0.25, 0.3) is 0 Å². The Labute approximate surface area is 155 Å². The van der Waals surface area contributed by atoms with E-state index in [2.05, 4.69) is 5.32 Å². The molecule has 2 aliphatic rings. The molecule has 1 saturated carbocycles. The summed E-state index contributed by atoms with van der Waals surface area (Å²) in [5.74, 6) is 0.379. The fraction of sp³-hybridized carbons (Fsp3) is 0.579. The van der Waals surface area contributed by atoms with Gasteiger partial charge in [0.05, 0.1) is 0 Å². The van der Waals surface area contributed by atoms with Crippen molar-refractivity contribution in [3.63, 3.8) is 0 Å². The van der Waals surface area contributed by atoms with E-state index in [1.165, 1.54) is 12.8 Å². The minimum Gasteiger partial charge on any atom is -0.339 e. The molecule has 0 bridgehead atoms. The molecule has 1 aromatic rings. The highest BCUT2D eigenvalue weighted by Crippen LogP contribution is 2.26. The smallest absolute Gasteiger partial charge is 0.253 e. The molecule has 2 amide bonds. The molecule has 0 radical (unpaired) electrons. The highest BCUT2D eigenvalue weighted by Gasteiger charge is 2.24. The third kappa shape index (κ3) is 5.19. The lowest BCUT2D eigenvalue weighted by Gasteiger charge is -2.27. The highest BCUT2D eigenvalue weighted by atomic mass is 35.5. The van der Waals surface area contributed by atoms with Crippen molar-refractivity contribution < 1.29 is 9.59 Å². The van der Waals surface area contributed by atoms with E-state index in [4.69, 9.17) is 5.73 Å². The Morgan fingerprint density at radius 2 is 1.68 bits per heavy atom. The number of anilines is 1. The lowest BCUT2D eigenvalue weighted by molar-refractivity contribution is -0.117. The van der Waals surface area contributed by atoms with Gasteiger partial charge in [-0.3, -0.25) is 9.59 Å². The van der Waals surface area contributed by atoms with Gasteiger partial charge in [-0.2, -0.15) is 0 Å². The minimum atomic E-state index is 0. The summed E-state index contributed by atoms with van der Waals surface area (Å²) in [5.41, 5.74) is 7.53. The lowest BCUT2D eigenvalue weighted by Crippen LogP contribution is -2.35. The van der Waals surface area contributed by atoms with E-state index < -0.39 is 0 Å². The Morgan fingerprint density at radius 3 is 2.32 bits per heavy atom. The molecule has 3 rings (SSSR count). The van der Waals surface area contributed by atoms with Crippen LogP contribution in [0.2, 0.25) is 0 Å². The lowest BCUT2D eigenvalue weighted by atomic mass is 9.83. The first-order chi connectivity index (χ1) is 11.6. The molecule has 0 aromatic heterocycles. The molecule has 6 heteroatoms. The summed E-state index contributed by atoms with van der Waals surface area (Å²) in [7, 11) is 0. The second kappa shape index (κ2) is 9.20. The van der Waals surface area contributed by atoms with E-state index in [1.807, 2.05) is 17.0 Å². The maximum atomic E-state index is 12.3. The van der Waals surface area contributed by atoms with Crippen LogP contribution >= 0.6 is 12.4 Å². The predicted octanol–water partition coefficient (Wildman–Crippen LogP) is 3.19. The monoisotopic (exact) mass is 365 g/mol. The summed E-state index contributed by atoms with van der Waals surface area (Å²) in [4.78, 5) is 26.4. The molecule has 1 saturated heterocycles. The average molecular weight is 366 g/mol. The predicted molar refractivity (Wildman–Crippen MR) is 102 cm³/mol. The molecule has 1 aliphatic heterocycles. The molecular formula is C19H28ClN3O2. The number of likely N-dealkylation sites (tertiary alicyclic amines) is 1. The Bertz CT molecular complexity index is 585. The summed E-state index contributed by atoms with van der Waals surface area (Å²) in [6.07, 6.45) is 7.05. The van der Waals surface area contributed by atoms with Crippen LogP contribution in [0.5, 0.6) is 0 Å². The number of halogens is 1.